The minimum atomic E-state index is -0.330. The zero-order valence-electron chi connectivity index (χ0n) is 17.6. The molecule has 0 saturated carbocycles. The topological polar surface area (TPSA) is 115 Å². The first-order valence-electron chi connectivity index (χ1n) is 10.2. The Hall–Kier alpha value is -2.91. The van der Waals surface area contributed by atoms with Gasteiger partial charge in [0.2, 0.25) is 0 Å². The number of esters is 1. The lowest BCUT2D eigenvalue weighted by Crippen LogP contribution is -2.39. The van der Waals surface area contributed by atoms with Crippen LogP contribution in [0, 0.1) is 5.92 Å². The highest BCUT2D eigenvalue weighted by Gasteiger charge is 2.12. The van der Waals surface area contributed by atoms with E-state index in [1.54, 1.807) is 24.3 Å². The first-order chi connectivity index (χ1) is 14.5. The normalized spacial score (nSPS) is 14.5. The van der Waals surface area contributed by atoms with Gasteiger partial charge in [0.05, 0.1) is 25.4 Å². The number of nitrogens with zero attached hydrogens (tertiary/aromatic N) is 3. The lowest BCUT2D eigenvalue weighted by Gasteiger charge is -2.26. The lowest BCUT2D eigenvalue weighted by atomic mass is 10.2. The number of hydrogen-bond acceptors (Lipinski definition) is 9. The predicted molar refractivity (Wildman–Crippen MR) is 117 cm³/mol. The summed E-state index contributed by atoms with van der Waals surface area (Å²) in [6.07, 6.45) is 1.47. The number of ether oxygens (including phenoxy) is 2. The van der Waals surface area contributed by atoms with Crippen molar-refractivity contribution >= 4 is 29.0 Å². The van der Waals surface area contributed by atoms with Crippen molar-refractivity contribution < 1.29 is 14.3 Å². The SMILES string of the molecule is CC(C)COC(=O)c1ccc(Nc2ncnc(NCCN3CCOCC3)c2N)cc1. The quantitative estimate of drug-likeness (QED) is 0.532. The van der Waals surface area contributed by atoms with E-state index in [9.17, 15) is 4.79 Å². The number of hydrogen-bond donors (Lipinski definition) is 3. The van der Waals surface area contributed by atoms with Crippen molar-refractivity contribution in [1.82, 2.24) is 14.9 Å². The summed E-state index contributed by atoms with van der Waals surface area (Å²) in [7, 11) is 0. The van der Waals surface area contributed by atoms with Crippen LogP contribution in [0.4, 0.5) is 23.0 Å². The molecule has 30 heavy (non-hydrogen) atoms. The van der Waals surface area contributed by atoms with Crippen LogP contribution in [-0.2, 0) is 9.47 Å². The van der Waals surface area contributed by atoms with Crippen molar-refractivity contribution in [2.75, 3.05) is 62.4 Å². The molecule has 0 aliphatic carbocycles. The smallest absolute Gasteiger partial charge is 0.338 e. The molecule has 9 heteroatoms. The zero-order valence-corrected chi connectivity index (χ0v) is 17.6. The second-order valence-electron chi connectivity index (χ2n) is 7.56. The van der Waals surface area contributed by atoms with Crippen LogP contribution in [0.5, 0.6) is 0 Å². The number of benzene rings is 1. The van der Waals surface area contributed by atoms with E-state index in [0.717, 1.165) is 45.1 Å². The van der Waals surface area contributed by atoms with Crippen molar-refractivity contribution in [3.8, 4) is 0 Å². The molecule has 0 spiro atoms. The number of anilines is 4. The van der Waals surface area contributed by atoms with E-state index in [1.165, 1.54) is 6.33 Å². The third-order valence-electron chi connectivity index (χ3n) is 4.64. The maximum atomic E-state index is 12.0. The van der Waals surface area contributed by atoms with E-state index in [-0.39, 0.29) is 5.97 Å². The van der Waals surface area contributed by atoms with Crippen LogP contribution < -0.4 is 16.4 Å². The average Bonchev–Trinajstić information content (AvgIpc) is 2.76. The van der Waals surface area contributed by atoms with Crippen LogP contribution >= 0.6 is 0 Å². The fourth-order valence-electron chi connectivity index (χ4n) is 2.95. The number of nitrogen functional groups attached to an aromatic ring is 1. The Morgan fingerprint density at radius 1 is 1.20 bits per heavy atom. The largest absolute Gasteiger partial charge is 0.462 e. The van der Waals surface area contributed by atoms with Crippen LogP contribution in [0.3, 0.4) is 0 Å². The van der Waals surface area contributed by atoms with Gasteiger partial charge in [0, 0.05) is 31.9 Å². The van der Waals surface area contributed by atoms with Gasteiger partial charge in [0.15, 0.2) is 11.6 Å². The van der Waals surface area contributed by atoms with Crippen LogP contribution in [-0.4, -0.2) is 66.8 Å². The summed E-state index contributed by atoms with van der Waals surface area (Å²) in [6.45, 7) is 9.45. The maximum Gasteiger partial charge on any atom is 0.338 e. The minimum Gasteiger partial charge on any atom is -0.462 e. The number of nitrogens with one attached hydrogen (secondary N) is 2. The molecule has 2 heterocycles. The summed E-state index contributed by atoms with van der Waals surface area (Å²) in [4.78, 5) is 22.8. The molecule has 3 rings (SSSR count). The van der Waals surface area contributed by atoms with Crippen LogP contribution in [0.15, 0.2) is 30.6 Å². The Balaban J connectivity index is 1.55. The van der Waals surface area contributed by atoms with Gasteiger partial charge in [-0.3, -0.25) is 4.90 Å². The molecule has 2 aromatic rings. The number of carbonyl (C=O) groups excluding carboxylic acids is 1. The average molecular weight is 415 g/mol. The molecule has 1 aliphatic heterocycles. The Morgan fingerprint density at radius 2 is 1.90 bits per heavy atom. The fraction of sp³-hybridized carbons (Fsp3) is 0.476. The molecule has 4 N–H and O–H groups in total. The minimum absolute atomic E-state index is 0.298. The van der Waals surface area contributed by atoms with Crippen molar-refractivity contribution in [2.45, 2.75) is 13.8 Å². The molecule has 162 valence electrons. The Labute approximate surface area is 177 Å². The summed E-state index contributed by atoms with van der Waals surface area (Å²) >= 11 is 0. The van der Waals surface area contributed by atoms with E-state index in [2.05, 4.69) is 25.5 Å². The highest BCUT2D eigenvalue weighted by Crippen LogP contribution is 2.25. The summed E-state index contributed by atoms with van der Waals surface area (Å²) in [5, 5.41) is 6.45. The second kappa shape index (κ2) is 10.7. The molecule has 9 nitrogen and oxygen atoms in total. The Kier molecular flexibility index (Phi) is 7.81. The maximum absolute atomic E-state index is 12.0. The molecule has 0 unspecified atom stereocenters. The molecule has 0 amide bonds. The van der Waals surface area contributed by atoms with E-state index in [0.29, 0.717) is 35.4 Å². The van der Waals surface area contributed by atoms with Gasteiger partial charge < -0.3 is 25.8 Å². The molecule has 0 atom stereocenters. The van der Waals surface area contributed by atoms with Crippen LogP contribution in [0.25, 0.3) is 0 Å². The van der Waals surface area contributed by atoms with Gasteiger partial charge >= 0.3 is 5.97 Å². The molecule has 0 radical (unpaired) electrons. The van der Waals surface area contributed by atoms with Crippen molar-refractivity contribution in [3.63, 3.8) is 0 Å². The van der Waals surface area contributed by atoms with Gasteiger partial charge in [-0.1, -0.05) is 13.8 Å². The predicted octanol–water partition coefficient (Wildman–Crippen LogP) is 2.36. The summed E-state index contributed by atoms with van der Waals surface area (Å²) < 4.78 is 10.6. The standard InChI is InChI=1S/C21H30N6O3/c1-15(2)13-30-21(28)16-3-5-17(6-4-16)26-20-18(22)19(24-14-25-20)23-7-8-27-9-11-29-12-10-27/h3-6,14-15H,7-13,22H2,1-2H3,(H2,23,24,25,26). The first-order valence-corrected chi connectivity index (χ1v) is 10.2. The Bertz CT molecular complexity index is 822. The number of morpholine rings is 1. The van der Waals surface area contributed by atoms with E-state index in [4.69, 9.17) is 15.2 Å². The number of carbonyl (C=O) groups is 1. The third kappa shape index (κ3) is 6.30. The lowest BCUT2D eigenvalue weighted by molar-refractivity contribution is 0.0398. The fourth-order valence-corrected chi connectivity index (χ4v) is 2.95. The van der Waals surface area contributed by atoms with Gasteiger partial charge in [-0.2, -0.15) is 0 Å². The molecular weight excluding hydrogens is 384 g/mol. The number of aromatic nitrogens is 2. The monoisotopic (exact) mass is 414 g/mol. The summed E-state index contributed by atoms with van der Waals surface area (Å²) in [6, 6.07) is 7.01. The van der Waals surface area contributed by atoms with Gasteiger partial charge in [-0.15, -0.1) is 0 Å². The molecule has 1 saturated heterocycles. The van der Waals surface area contributed by atoms with Crippen molar-refractivity contribution in [2.24, 2.45) is 5.92 Å². The van der Waals surface area contributed by atoms with Gasteiger partial charge in [-0.25, -0.2) is 14.8 Å². The van der Waals surface area contributed by atoms with Gasteiger partial charge in [0.1, 0.15) is 12.0 Å². The zero-order chi connectivity index (χ0) is 21.3. The molecule has 1 aromatic carbocycles. The summed E-state index contributed by atoms with van der Waals surface area (Å²) in [5.74, 6) is 1.07. The van der Waals surface area contributed by atoms with E-state index >= 15 is 0 Å². The molecule has 1 fully saturated rings. The van der Waals surface area contributed by atoms with Crippen LogP contribution in [0.2, 0.25) is 0 Å². The highest BCUT2D eigenvalue weighted by molar-refractivity contribution is 5.90. The molecule has 0 bridgehead atoms. The van der Waals surface area contributed by atoms with Gasteiger partial charge in [-0.05, 0) is 30.2 Å². The molecule has 1 aromatic heterocycles. The molecular formula is C21H30N6O3. The first kappa shape index (κ1) is 21.8. The van der Waals surface area contributed by atoms with E-state index in [1.807, 2.05) is 13.8 Å². The third-order valence-corrected chi connectivity index (χ3v) is 4.64. The van der Waals surface area contributed by atoms with Crippen LogP contribution in [0.1, 0.15) is 24.2 Å². The van der Waals surface area contributed by atoms with Crippen molar-refractivity contribution in [3.05, 3.63) is 36.2 Å². The van der Waals surface area contributed by atoms with Crippen molar-refractivity contribution in [1.29, 1.82) is 0 Å². The molecule has 1 aliphatic rings. The second-order valence-corrected chi connectivity index (χ2v) is 7.56. The Morgan fingerprint density at radius 3 is 2.60 bits per heavy atom. The highest BCUT2D eigenvalue weighted by atomic mass is 16.5. The number of rotatable bonds is 9. The number of nitrogens with two attached hydrogens (primary N) is 1. The van der Waals surface area contributed by atoms with E-state index < -0.39 is 0 Å². The van der Waals surface area contributed by atoms with Gasteiger partial charge in [0.25, 0.3) is 0 Å². The summed E-state index contributed by atoms with van der Waals surface area (Å²) in [5.41, 5.74) is 7.95.